The van der Waals surface area contributed by atoms with Gasteiger partial charge in [0.2, 0.25) is 0 Å². The SMILES string of the molecule is CC1(CNC(=O)N[C@H](C(=O)O)C(C)(C)C)CCC1. The maximum absolute atomic E-state index is 11.7. The number of carbonyl (C=O) groups excluding carboxylic acids is 1. The van der Waals surface area contributed by atoms with Crippen LogP contribution < -0.4 is 10.6 Å². The minimum Gasteiger partial charge on any atom is -0.480 e. The van der Waals surface area contributed by atoms with Crippen molar-refractivity contribution in [3.8, 4) is 0 Å². The highest BCUT2D eigenvalue weighted by Crippen LogP contribution is 2.39. The van der Waals surface area contributed by atoms with E-state index in [1.165, 1.54) is 6.42 Å². The van der Waals surface area contributed by atoms with Gasteiger partial charge < -0.3 is 15.7 Å². The Balaban J connectivity index is 2.44. The summed E-state index contributed by atoms with van der Waals surface area (Å²) >= 11 is 0. The molecule has 0 unspecified atom stereocenters. The van der Waals surface area contributed by atoms with Crippen LogP contribution in [0.1, 0.15) is 47.0 Å². The lowest BCUT2D eigenvalue weighted by Crippen LogP contribution is -2.53. The number of aliphatic carboxylic acids is 1. The fraction of sp³-hybridized carbons (Fsp3) is 0.846. The van der Waals surface area contributed by atoms with Gasteiger partial charge in [0.15, 0.2) is 0 Å². The molecule has 5 heteroatoms. The molecule has 0 heterocycles. The van der Waals surface area contributed by atoms with Crippen molar-refractivity contribution in [2.75, 3.05) is 6.54 Å². The van der Waals surface area contributed by atoms with E-state index in [-0.39, 0.29) is 5.41 Å². The monoisotopic (exact) mass is 256 g/mol. The van der Waals surface area contributed by atoms with Crippen LogP contribution in [0.25, 0.3) is 0 Å². The van der Waals surface area contributed by atoms with Crippen molar-refractivity contribution < 1.29 is 14.7 Å². The summed E-state index contributed by atoms with van der Waals surface area (Å²) in [5, 5.41) is 14.4. The number of carboxylic acid groups (broad SMARTS) is 1. The van der Waals surface area contributed by atoms with Gasteiger partial charge >= 0.3 is 12.0 Å². The Morgan fingerprint density at radius 1 is 1.33 bits per heavy atom. The molecule has 5 nitrogen and oxygen atoms in total. The lowest BCUT2D eigenvalue weighted by Gasteiger charge is -2.38. The fourth-order valence-electron chi connectivity index (χ4n) is 2.08. The standard InChI is InChI=1S/C13H24N2O3/c1-12(2,3)9(10(16)17)15-11(18)14-8-13(4)6-5-7-13/h9H,5-8H2,1-4H3,(H,16,17)(H2,14,15,18)/t9-/m1/s1. The van der Waals surface area contributed by atoms with Crippen LogP contribution in [0.3, 0.4) is 0 Å². The topological polar surface area (TPSA) is 78.4 Å². The predicted molar refractivity (Wildman–Crippen MR) is 69.4 cm³/mol. The molecule has 0 aromatic rings. The zero-order chi connectivity index (χ0) is 14.0. The summed E-state index contributed by atoms with van der Waals surface area (Å²) < 4.78 is 0. The summed E-state index contributed by atoms with van der Waals surface area (Å²) in [5.41, 5.74) is -0.318. The Kier molecular flexibility index (Phi) is 4.24. The molecule has 0 radical (unpaired) electrons. The number of nitrogens with one attached hydrogen (secondary N) is 2. The zero-order valence-electron chi connectivity index (χ0n) is 11.7. The second-order valence-corrected chi connectivity index (χ2v) is 6.63. The summed E-state index contributed by atoms with van der Waals surface area (Å²) in [4.78, 5) is 22.8. The second kappa shape index (κ2) is 5.16. The maximum atomic E-state index is 11.7. The lowest BCUT2D eigenvalue weighted by atomic mass is 9.70. The molecule has 0 spiro atoms. The molecule has 0 aliphatic heterocycles. The van der Waals surface area contributed by atoms with Crippen LogP contribution in [0.2, 0.25) is 0 Å². The Morgan fingerprint density at radius 2 is 1.89 bits per heavy atom. The van der Waals surface area contributed by atoms with Crippen LogP contribution in [-0.4, -0.2) is 29.7 Å². The van der Waals surface area contributed by atoms with Crippen LogP contribution in [0.4, 0.5) is 4.79 Å². The predicted octanol–water partition coefficient (Wildman–Crippen LogP) is 1.98. The summed E-state index contributed by atoms with van der Waals surface area (Å²) in [7, 11) is 0. The van der Waals surface area contributed by atoms with Gasteiger partial charge in [-0.25, -0.2) is 9.59 Å². The second-order valence-electron chi connectivity index (χ2n) is 6.63. The van der Waals surface area contributed by atoms with E-state index in [9.17, 15) is 9.59 Å². The Hall–Kier alpha value is -1.26. The largest absolute Gasteiger partial charge is 0.480 e. The third kappa shape index (κ3) is 3.89. The average Bonchev–Trinajstić information content (AvgIpc) is 2.18. The number of rotatable bonds is 4. The quantitative estimate of drug-likeness (QED) is 0.719. The number of urea groups is 1. The molecule has 1 rings (SSSR count). The van der Waals surface area contributed by atoms with Gasteiger partial charge in [-0.1, -0.05) is 34.1 Å². The van der Waals surface area contributed by atoms with E-state index < -0.39 is 23.5 Å². The van der Waals surface area contributed by atoms with E-state index in [0.717, 1.165) is 12.8 Å². The molecule has 0 bridgehead atoms. The summed E-state index contributed by atoms with van der Waals surface area (Å²) in [6.07, 6.45) is 3.45. The number of hydrogen-bond donors (Lipinski definition) is 3. The van der Waals surface area contributed by atoms with E-state index in [0.29, 0.717) is 6.54 Å². The minimum atomic E-state index is -1.01. The van der Waals surface area contributed by atoms with Crippen LogP contribution >= 0.6 is 0 Å². The maximum Gasteiger partial charge on any atom is 0.326 e. The molecule has 1 saturated carbocycles. The first-order valence-electron chi connectivity index (χ1n) is 6.41. The lowest BCUT2D eigenvalue weighted by molar-refractivity contribution is -0.141. The van der Waals surface area contributed by atoms with Gasteiger partial charge in [-0.3, -0.25) is 0 Å². The molecule has 0 aromatic heterocycles. The minimum absolute atomic E-state index is 0.192. The van der Waals surface area contributed by atoms with Gasteiger partial charge in [-0.2, -0.15) is 0 Å². The van der Waals surface area contributed by atoms with E-state index in [4.69, 9.17) is 5.11 Å². The van der Waals surface area contributed by atoms with Gasteiger partial charge in [-0.05, 0) is 23.7 Å². The van der Waals surface area contributed by atoms with Crippen LogP contribution in [-0.2, 0) is 4.79 Å². The molecule has 2 amide bonds. The van der Waals surface area contributed by atoms with Crippen LogP contribution in [0, 0.1) is 10.8 Å². The van der Waals surface area contributed by atoms with Gasteiger partial charge in [0.05, 0.1) is 0 Å². The van der Waals surface area contributed by atoms with Gasteiger partial charge in [0, 0.05) is 6.54 Å². The van der Waals surface area contributed by atoms with Gasteiger partial charge in [0.1, 0.15) is 6.04 Å². The van der Waals surface area contributed by atoms with E-state index in [2.05, 4.69) is 17.6 Å². The molecular formula is C13H24N2O3. The van der Waals surface area contributed by atoms with Crippen molar-refractivity contribution in [1.29, 1.82) is 0 Å². The smallest absolute Gasteiger partial charge is 0.326 e. The molecule has 18 heavy (non-hydrogen) atoms. The molecule has 1 atom stereocenters. The van der Waals surface area contributed by atoms with Gasteiger partial charge in [-0.15, -0.1) is 0 Å². The first-order chi connectivity index (χ1) is 8.14. The van der Waals surface area contributed by atoms with E-state index in [1.807, 2.05) is 0 Å². The first-order valence-corrected chi connectivity index (χ1v) is 6.41. The normalized spacial score (nSPS) is 19.6. The fourth-order valence-corrected chi connectivity index (χ4v) is 2.08. The van der Waals surface area contributed by atoms with Crippen LogP contribution in [0.5, 0.6) is 0 Å². The van der Waals surface area contributed by atoms with Crippen molar-refractivity contribution in [2.45, 2.75) is 53.0 Å². The van der Waals surface area contributed by atoms with Crippen molar-refractivity contribution in [1.82, 2.24) is 10.6 Å². The van der Waals surface area contributed by atoms with Crippen molar-refractivity contribution >= 4 is 12.0 Å². The number of amides is 2. The average molecular weight is 256 g/mol. The van der Waals surface area contributed by atoms with Crippen LogP contribution in [0.15, 0.2) is 0 Å². The number of carboxylic acids is 1. The van der Waals surface area contributed by atoms with E-state index >= 15 is 0 Å². The molecule has 0 saturated heterocycles. The number of carbonyl (C=O) groups is 2. The highest BCUT2D eigenvalue weighted by Gasteiger charge is 2.34. The Labute approximate surface area is 108 Å². The van der Waals surface area contributed by atoms with Crippen molar-refractivity contribution in [3.63, 3.8) is 0 Å². The third-order valence-electron chi connectivity index (χ3n) is 3.62. The Morgan fingerprint density at radius 3 is 2.22 bits per heavy atom. The van der Waals surface area contributed by atoms with Crippen molar-refractivity contribution in [2.24, 2.45) is 10.8 Å². The molecule has 1 fully saturated rings. The molecule has 1 aliphatic carbocycles. The number of hydrogen-bond acceptors (Lipinski definition) is 2. The Bertz CT molecular complexity index is 330. The zero-order valence-corrected chi connectivity index (χ0v) is 11.7. The highest BCUT2D eigenvalue weighted by molar-refractivity contribution is 5.83. The molecule has 1 aliphatic rings. The van der Waals surface area contributed by atoms with Gasteiger partial charge in [0.25, 0.3) is 0 Å². The summed E-state index contributed by atoms with van der Waals surface area (Å²) in [5.74, 6) is -1.01. The molecule has 3 N–H and O–H groups in total. The molecular weight excluding hydrogens is 232 g/mol. The highest BCUT2D eigenvalue weighted by atomic mass is 16.4. The summed E-state index contributed by atoms with van der Waals surface area (Å²) in [6, 6.07) is -1.28. The summed E-state index contributed by atoms with van der Waals surface area (Å²) in [6.45, 7) is 8.11. The molecule has 0 aromatic carbocycles. The third-order valence-corrected chi connectivity index (χ3v) is 3.62. The first kappa shape index (κ1) is 14.8. The van der Waals surface area contributed by atoms with Crippen molar-refractivity contribution in [3.05, 3.63) is 0 Å². The van der Waals surface area contributed by atoms with E-state index in [1.54, 1.807) is 20.8 Å². The molecule has 104 valence electrons.